The molecule has 0 atom stereocenters. The monoisotopic (exact) mass is 284 g/mol. The Bertz CT molecular complexity index is 641. The zero-order valence-corrected chi connectivity index (χ0v) is 11.9. The quantitative estimate of drug-likeness (QED) is 0.807. The second-order valence-corrected chi connectivity index (χ2v) is 4.55. The average molecular weight is 284 g/mol. The molecule has 21 heavy (non-hydrogen) atoms. The summed E-state index contributed by atoms with van der Waals surface area (Å²) in [6, 6.07) is 14.4. The lowest BCUT2D eigenvalue weighted by Gasteiger charge is -2.17. The minimum Gasteiger partial charge on any atom is -0.464 e. The van der Waals surface area contributed by atoms with Crippen molar-refractivity contribution < 1.29 is 14.3 Å². The number of nitrogens with zero attached hydrogens (tertiary/aromatic N) is 2. The van der Waals surface area contributed by atoms with Gasteiger partial charge in [-0.2, -0.15) is 0 Å². The van der Waals surface area contributed by atoms with Gasteiger partial charge in [-0.1, -0.05) is 36.4 Å². The van der Waals surface area contributed by atoms with Gasteiger partial charge in [-0.25, -0.2) is 9.78 Å². The minimum atomic E-state index is -0.560. The van der Waals surface area contributed by atoms with Gasteiger partial charge in [0.05, 0.1) is 7.11 Å². The van der Waals surface area contributed by atoms with Crippen LogP contribution in [0.5, 0.6) is 0 Å². The van der Waals surface area contributed by atoms with Crippen LogP contribution in [0.2, 0.25) is 0 Å². The molecule has 0 saturated heterocycles. The first-order valence-electron chi connectivity index (χ1n) is 6.46. The summed E-state index contributed by atoms with van der Waals surface area (Å²) in [7, 11) is 2.97. The van der Waals surface area contributed by atoms with Crippen molar-refractivity contribution in [2.45, 2.75) is 6.54 Å². The molecule has 108 valence electrons. The van der Waals surface area contributed by atoms with Crippen LogP contribution in [0.1, 0.15) is 26.5 Å². The van der Waals surface area contributed by atoms with Crippen molar-refractivity contribution in [1.29, 1.82) is 0 Å². The fourth-order valence-corrected chi connectivity index (χ4v) is 1.90. The molecule has 0 radical (unpaired) electrons. The molecule has 0 aliphatic heterocycles. The summed E-state index contributed by atoms with van der Waals surface area (Å²) in [4.78, 5) is 29.4. The highest BCUT2D eigenvalue weighted by Crippen LogP contribution is 2.08. The van der Waals surface area contributed by atoms with Crippen LogP contribution in [0.15, 0.2) is 48.5 Å². The number of carbonyl (C=O) groups excluding carboxylic acids is 2. The van der Waals surface area contributed by atoms with E-state index in [0.29, 0.717) is 6.54 Å². The van der Waals surface area contributed by atoms with Crippen molar-refractivity contribution in [1.82, 2.24) is 9.88 Å². The maximum absolute atomic E-state index is 12.3. The number of rotatable bonds is 4. The van der Waals surface area contributed by atoms with Crippen LogP contribution in [0.3, 0.4) is 0 Å². The molecule has 0 fully saturated rings. The second kappa shape index (κ2) is 6.65. The Balaban J connectivity index is 2.14. The van der Waals surface area contributed by atoms with Gasteiger partial charge in [0.1, 0.15) is 11.4 Å². The first kappa shape index (κ1) is 14.7. The number of esters is 1. The second-order valence-electron chi connectivity index (χ2n) is 4.55. The van der Waals surface area contributed by atoms with Crippen LogP contribution in [0, 0.1) is 0 Å². The van der Waals surface area contributed by atoms with Crippen molar-refractivity contribution >= 4 is 11.9 Å². The molecule has 1 amide bonds. The Morgan fingerprint density at radius 2 is 1.71 bits per heavy atom. The third kappa shape index (κ3) is 3.66. The number of hydrogen-bond donors (Lipinski definition) is 0. The highest BCUT2D eigenvalue weighted by atomic mass is 16.5. The highest BCUT2D eigenvalue weighted by molar-refractivity contribution is 5.94. The molecule has 1 aromatic heterocycles. The maximum Gasteiger partial charge on any atom is 0.356 e. The van der Waals surface area contributed by atoms with E-state index >= 15 is 0 Å². The summed E-state index contributed by atoms with van der Waals surface area (Å²) in [5, 5.41) is 0. The Labute approximate surface area is 123 Å². The van der Waals surface area contributed by atoms with Gasteiger partial charge in [0.15, 0.2) is 0 Å². The maximum atomic E-state index is 12.3. The van der Waals surface area contributed by atoms with E-state index in [1.165, 1.54) is 13.2 Å². The van der Waals surface area contributed by atoms with Crippen molar-refractivity contribution in [2.75, 3.05) is 14.2 Å². The van der Waals surface area contributed by atoms with Gasteiger partial charge in [-0.3, -0.25) is 4.79 Å². The van der Waals surface area contributed by atoms with Crippen LogP contribution in [0.4, 0.5) is 0 Å². The van der Waals surface area contributed by atoms with E-state index in [4.69, 9.17) is 0 Å². The lowest BCUT2D eigenvalue weighted by atomic mass is 10.2. The van der Waals surface area contributed by atoms with Crippen molar-refractivity contribution in [3.63, 3.8) is 0 Å². The number of pyridine rings is 1. The molecular formula is C16H16N2O3. The fraction of sp³-hybridized carbons (Fsp3) is 0.188. The molecule has 2 rings (SSSR count). The van der Waals surface area contributed by atoms with Gasteiger partial charge < -0.3 is 9.64 Å². The first-order chi connectivity index (χ1) is 10.1. The molecule has 5 nitrogen and oxygen atoms in total. The SMILES string of the molecule is COC(=O)c1cccc(C(=O)N(C)Cc2ccccc2)n1. The summed E-state index contributed by atoms with van der Waals surface area (Å²) in [5.74, 6) is -0.806. The lowest BCUT2D eigenvalue weighted by molar-refractivity contribution is 0.0593. The molecule has 5 heteroatoms. The predicted octanol–water partition coefficient (Wildman–Crippen LogP) is 2.14. The molecule has 0 aliphatic carbocycles. The molecule has 0 saturated carbocycles. The van der Waals surface area contributed by atoms with Gasteiger partial charge in [-0.05, 0) is 17.7 Å². The largest absolute Gasteiger partial charge is 0.464 e. The van der Waals surface area contributed by atoms with Crippen molar-refractivity contribution in [3.8, 4) is 0 Å². The summed E-state index contributed by atoms with van der Waals surface area (Å²) < 4.78 is 4.60. The number of carbonyl (C=O) groups is 2. The van der Waals surface area contributed by atoms with Gasteiger partial charge >= 0.3 is 5.97 Å². The number of ether oxygens (including phenoxy) is 1. The zero-order valence-electron chi connectivity index (χ0n) is 11.9. The molecule has 2 aromatic rings. The van der Waals surface area contributed by atoms with E-state index in [0.717, 1.165) is 5.56 Å². The van der Waals surface area contributed by atoms with Crippen LogP contribution in [-0.2, 0) is 11.3 Å². The standard InChI is InChI=1S/C16H16N2O3/c1-18(11-12-7-4-3-5-8-12)15(19)13-9-6-10-14(17-13)16(20)21-2/h3-10H,11H2,1-2H3. The number of aromatic nitrogens is 1. The first-order valence-corrected chi connectivity index (χ1v) is 6.46. The average Bonchev–Trinajstić information content (AvgIpc) is 2.54. The van der Waals surface area contributed by atoms with E-state index in [1.54, 1.807) is 24.1 Å². The Kier molecular flexibility index (Phi) is 4.66. The lowest BCUT2D eigenvalue weighted by Crippen LogP contribution is -2.27. The summed E-state index contributed by atoms with van der Waals surface area (Å²) >= 11 is 0. The van der Waals surface area contributed by atoms with Crippen molar-refractivity contribution in [2.24, 2.45) is 0 Å². The number of amides is 1. The topological polar surface area (TPSA) is 59.5 Å². The fourth-order valence-electron chi connectivity index (χ4n) is 1.90. The Hall–Kier alpha value is -2.69. The molecule has 0 aliphatic rings. The van der Waals surface area contributed by atoms with Crippen LogP contribution >= 0.6 is 0 Å². The predicted molar refractivity (Wildman–Crippen MR) is 77.8 cm³/mol. The minimum absolute atomic E-state index is 0.122. The third-order valence-corrected chi connectivity index (χ3v) is 2.97. The van der Waals surface area contributed by atoms with Gasteiger partial charge in [0.2, 0.25) is 0 Å². The highest BCUT2D eigenvalue weighted by Gasteiger charge is 2.16. The van der Waals surface area contributed by atoms with Crippen LogP contribution in [0.25, 0.3) is 0 Å². The zero-order chi connectivity index (χ0) is 15.2. The molecule has 0 spiro atoms. The molecule has 0 unspecified atom stereocenters. The third-order valence-electron chi connectivity index (χ3n) is 2.97. The van der Waals surface area contributed by atoms with E-state index in [1.807, 2.05) is 30.3 Å². The van der Waals surface area contributed by atoms with E-state index < -0.39 is 5.97 Å². The van der Waals surface area contributed by atoms with E-state index in [9.17, 15) is 9.59 Å². The summed E-state index contributed by atoms with van der Waals surface area (Å²) in [6.45, 7) is 0.476. The van der Waals surface area contributed by atoms with Gasteiger partial charge in [0.25, 0.3) is 5.91 Å². The smallest absolute Gasteiger partial charge is 0.356 e. The molecule has 1 heterocycles. The molecule has 0 bridgehead atoms. The van der Waals surface area contributed by atoms with E-state index in [2.05, 4.69) is 9.72 Å². The summed E-state index contributed by atoms with van der Waals surface area (Å²) in [6.07, 6.45) is 0. The Morgan fingerprint density at radius 3 is 2.38 bits per heavy atom. The Morgan fingerprint density at radius 1 is 1.05 bits per heavy atom. The van der Waals surface area contributed by atoms with E-state index in [-0.39, 0.29) is 17.3 Å². The number of hydrogen-bond acceptors (Lipinski definition) is 4. The molecule has 1 aromatic carbocycles. The van der Waals surface area contributed by atoms with Crippen molar-refractivity contribution in [3.05, 3.63) is 65.5 Å². The van der Waals surface area contributed by atoms with Gasteiger partial charge in [-0.15, -0.1) is 0 Å². The number of methoxy groups -OCH3 is 1. The molecule has 0 N–H and O–H groups in total. The normalized spacial score (nSPS) is 10.0. The van der Waals surface area contributed by atoms with Gasteiger partial charge in [0, 0.05) is 13.6 Å². The molecular weight excluding hydrogens is 268 g/mol. The van der Waals surface area contributed by atoms with Crippen LogP contribution in [-0.4, -0.2) is 35.9 Å². The summed E-state index contributed by atoms with van der Waals surface area (Å²) in [5.41, 5.74) is 1.37. The van der Waals surface area contributed by atoms with Crippen LogP contribution < -0.4 is 0 Å². The number of benzene rings is 1.